The van der Waals surface area contributed by atoms with Crippen LogP contribution in [0.3, 0.4) is 0 Å². The lowest BCUT2D eigenvalue weighted by molar-refractivity contribution is -0.384. The summed E-state index contributed by atoms with van der Waals surface area (Å²) >= 11 is 1.33. The lowest BCUT2D eigenvalue weighted by Gasteiger charge is -2.15. The molecule has 0 saturated heterocycles. The highest BCUT2D eigenvalue weighted by molar-refractivity contribution is 7.99. The average molecular weight is 486 g/mol. The van der Waals surface area contributed by atoms with Gasteiger partial charge >= 0.3 is 0 Å². The van der Waals surface area contributed by atoms with Gasteiger partial charge in [-0.2, -0.15) is 0 Å². The van der Waals surface area contributed by atoms with Gasteiger partial charge in [0.05, 0.1) is 26.8 Å². The SMILES string of the molecule is Cc1ccc(-n2c(SC(C)c3nnc(-c4ccc([N+](=O)[O-])cc4)o3)nc3ccccc3c2=O)cc1. The van der Waals surface area contributed by atoms with Gasteiger partial charge in [0.15, 0.2) is 5.16 Å². The molecule has 1 atom stereocenters. The fourth-order valence-electron chi connectivity index (χ4n) is 3.56. The highest BCUT2D eigenvalue weighted by Crippen LogP contribution is 2.35. The van der Waals surface area contributed by atoms with Crippen LogP contribution >= 0.6 is 11.8 Å². The second-order valence-corrected chi connectivity index (χ2v) is 9.21. The topological polar surface area (TPSA) is 117 Å². The van der Waals surface area contributed by atoms with Crippen molar-refractivity contribution in [1.29, 1.82) is 0 Å². The summed E-state index contributed by atoms with van der Waals surface area (Å²) in [5, 5.41) is 19.9. The molecule has 10 heteroatoms. The summed E-state index contributed by atoms with van der Waals surface area (Å²) < 4.78 is 7.45. The van der Waals surface area contributed by atoms with Crippen LogP contribution in [-0.4, -0.2) is 24.7 Å². The Hall–Kier alpha value is -4.31. The molecule has 0 saturated carbocycles. The van der Waals surface area contributed by atoms with Crippen LogP contribution in [0.15, 0.2) is 87.2 Å². The van der Waals surface area contributed by atoms with Gasteiger partial charge in [-0.25, -0.2) is 4.98 Å². The summed E-state index contributed by atoms with van der Waals surface area (Å²) in [6, 6.07) is 20.8. The minimum atomic E-state index is -0.466. The Morgan fingerprint density at radius 1 is 1.00 bits per heavy atom. The van der Waals surface area contributed by atoms with E-state index >= 15 is 0 Å². The largest absolute Gasteiger partial charge is 0.419 e. The second-order valence-electron chi connectivity index (χ2n) is 7.90. The summed E-state index contributed by atoms with van der Waals surface area (Å²) in [5.74, 6) is 0.603. The number of para-hydroxylation sites is 1. The van der Waals surface area contributed by atoms with Crippen molar-refractivity contribution in [3.63, 3.8) is 0 Å². The van der Waals surface area contributed by atoms with Crippen LogP contribution in [0.5, 0.6) is 0 Å². The Labute approximate surface area is 203 Å². The number of nitro benzene ring substituents is 1. The van der Waals surface area contributed by atoms with E-state index in [1.54, 1.807) is 22.8 Å². The normalized spacial score (nSPS) is 12.1. The van der Waals surface area contributed by atoms with Crippen molar-refractivity contribution >= 4 is 28.4 Å². The first-order chi connectivity index (χ1) is 16.9. The number of fused-ring (bicyclic) bond motifs is 1. The van der Waals surface area contributed by atoms with Gasteiger partial charge in [-0.05, 0) is 50.2 Å². The van der Waals surface area contributed by atoms with Crippen LogP contribution in [0.2, 0.25) is 0 Å². The molecule has 0 bridgehead atoms. The Morgan fingerprint density at radius 2 is 1.71 bits per heavy atom. The number of hydrogen-bond donors (Lipinski definition) is 0. The zero-order valence-electron chi connectivity index (χ0n) is 18.8. The van der Waals surface area contributed by atoms with Gasteiger partial charge in [-0.3, -0.25) is 19.5 Å². The molecule has 2 aromatic heterocycles. The number of non-ortho nitro benzene ring substituents is 1. The van der Waals surface area contributed by atoms with Crippen molar-refractivity contribution in [3.05, 3.63) is 105 Å². The van der Waals surface area contributed by atoms with E-state index in [0.717, 1.165) is 5.56 Å². The quantitative estimate of drug-likeness (QED) is 0.134. The molecule has 0 spiro atoms. The molecule has 5 aromatic rings. The van der Waals surface area contributed by atoms with Crippen molar-refractivity contribution in [2.24, 2.45) is 0 Å². The number of aryl methyl sites for hydroxylation is 1. The summed E-state index contributed by atoms with van der Waals surface area (Å²) in [5.41, 5.74) is 2.80. The van der Waals surface area contributed by atoms with Gasteiger partial charge < -0.3 is 4.42 Å². The maximum atomic E-state index is 13.4. The molecule has 3 aromatic carbocycles. The van der Waals surface area contributed by atoms with Crippen molar-refractivity contribution in [2.45, 2.75) is 24.3 Å². The van der Waals surface area contributed by atoms with E-state index in [0.29, 0.717) is 33.2 Å². The molecule has 0 radical (unpaired) electrons. The molecular weight excluding hydrogens is 466 g/mol. The lowest BCUT2D eigenvalue weighted by Crippen LogP contribution is -2.22. The van der Waals surface area contributed by atoms with Gasteiger partial charge in [0.25, 0.3) is 11.2 Å². The van der Waals surface area contributed by atoms with Crippen LogP contribution in [-0.2, 0) is 0 Å². The first-order valence-electron chi connectivity index (χ1n) is 10.7. The standard InChI is InChI=1S/C25H19N5O4S/c1-15-7-11-18(12-8-15)29-24(31)20-5-3-4-6-21(20)26-25(29)35-16(2)22-27-28-23(34-22)17-9-13-19(14-10-17)30(32)33/h3-14,16H,1-2H3. The number of benzene rings is 3. The van der Waals surface area contributed by atoms with Crippen molar-refractivity contribution in [1.82, 2.24) is 19.7 Å². The fourth-order valence-corrected chi connectivity index (χ4v) is 4.52. The van der Waals surface area contributed by atoms with E-state index in [9.17, 15) is 14.9 Å². The molecule has 0 aliphatic rings. The van der Waals surface area contributed by atoms with Gasteiger partial charge in [0, 0.05) is 17.7 Å². The Morgan fingerprint density at radius 3 is 2.43 bits per heavy atom. The Balaban J connectivity index is 1.51. The predicted octanol–water partition coefficient (Wildman–Crippen LogP) is 5.51. The van der Waals surface area contributed by atoms with E-state index in [4.69, 9.17) is 9.40 Å². The van der Waals surface area contributed by atoms with Crippen LogP contribution in [0.1, 0.15) is 23.6 Å². The first-order valence-corrected chi connectivity index (χ1v) is 11.6. The van der Waals surface area contributed by atoms with Gasteiger partial charge in [-0.15, -0.1) is 10.2 Å². The van der Waals surface area contributed by atoms with Crippen LogP contribution in [0.4, 0.5) is 5.69 Å². The summed E-state index contributed by atoms with van der Waals surface area (Å²) in [6.45, 7) is 3.87. The van der Waals surface area contributed by atoms with Crippen molar-refractivity contribution in [3.8, 4) is 17.1 Å². The second kappa shape index (κ2) is 9.15. The minimum absolute atomic E-state index is 0.0196. The molecule has 9 nitrogen and oxygen atoms in total. The van der Waals surface area contributed by atoms with Gasteiger partial charge in [-0.1, -0.05) is 41.6 Å². The van der Waals surface area contributed by atoms with Crippen molar-refractivity contribution in [2.75, 3.05) is 0 Å². The van der Waals surface area contributed by atoms with E-state index in [1.807, 2.05) is 56.3 Å². The highest BCUT2D eigenvalue weighted by atomic mass is 32.2. The van der Waals surface area contributed by atoms with Crippen LogP contribution in [0.25, 0.3) is 28.0 Å². The molecular formula is C25H19N5O4S. The predicted molar refractivity (Wildman–Crippen MR) is 133 cm³/mol. The van der Waals surface area contributed by atoms with E-state index in [-0.39, 0.29) is 22.4 Å². The Kier molecular flexibility index (Phi) is 5.87. The molecule has 1 unspecified atom stereocenters. The van der Waals surface area contributed by atoms with Crippen LogP contribution in [0, 0.1) is 17.0 Å². The van der Waals surface area contributed by atoms with Crippen molar-refractivity contribution < 1.29 is 9.34 Å². The molecule has 5 rings (SSSR count). The third kappa shape index (κ3) is 4.43. The molecule has 0 aliphatic heterocycles. The summed E-state index contributed by atoms with van der Waals surface area (Å²) in [7, 11) is 0. The molecule has 0 amide bonds. The molecule has 174 valence electrons. The summed E-state index contributed by atoms with van der Waals surface area (Å²) in [6.07, 6.45) is 0. The zero-order chi connectivity index (χ0) is 24.5. The summed E-state index contributed by atoms with van der Waals surface area (Å²) in [4.78, 5) is 28.6. The average Bonchev–Trinajstić information content (AvgIpc) is 3.36. The van der Waals surface area contributed by atoms with Gasteiger partial charge in [0.1, 0.15) is 0 Å². The molecule has 0 aliphatic carbocycles. The van der Waals surface area contributed by atoms with E-state index < -0.39 is 4.92 Å². The number of hydrogen-bond acceptors (Lipinski definition) is 8. The number of thioether (sulfide) groups is 1. The zero-order valence-corrected chi connectivity index (χ0v) is 19.6. The number of rotatable bonds is 6. The lowest BCUT2D eigenvalue weighted by atomic mass is 10.2. The van der Waals surface area contributed by atoms with Crippen LogP contribution < -0.4 is 5.56 Å². The fraction of sp³-hybridized carbons (Fsp3) is 0.120. The molecule has 2 heterocycles. The number of nitro groups is 1. The highest BCUT2D eigenvalue weighted by Gasteiger charge is 2.21. The Bertz CT molecular complexity index is 1590. The van der Waals surface area contributed by atoms with E-state index in [1.165, 1.54) is 23.9 Å². The number of aromatic nitrogens is 4. The first kappa shape index (κ1) is 22.5. The molecule has 35 heavy (non-hydrogen) atoms. The monoisotopic (exact) mass is 485 g/mol. The number of nitrogens with zero attached hydrogens (tertiary/aromatic N) is 5. The molecule has 0 N–H and O–H groups in total. The smallest absolute Gasteiger partial charge is 0.269 e. The third-order valence-corrected chi connectivity index (χ3v) is 6.47. The minimum Gasteiger partial charge on any atom is -0.419 e. The molecule has 0 fully saturated rings. The van der Waals surface area contributed by atoms with E-state index in [2.05, 4.69) is 10.2 Å². The van der Waals surface area contributed by atoms with Gasteiger partial charge in [0.2, 0.25) is 11.8 Å². The third-order valence-electron chi connectivity index (χ3n) is 5.43. The maximum Gasteiger partial charge on any atom is 0.269 e. The maximum absolute atomic E-state index is 13.4.